The topological polar surface area (TPSA) is 44.4 Å². The lowest BCUT2D eigenvalue weighted by atomic mass is 10.2. The van der Waals surface area contributed by atoms with Crippen LogP contribution in [0.3, 0.4) is 0 Å². The van der Waals surface area contributed by atoms with E-state index in [0.717, 1.165) is 19.6 Å². The van der Waals surface area contributed by atoms with Gasteiger partial charge in [-0.1, -0.05) is 0 Å². The second-order valence-corrected chi connectivity index (χ2v) is 3.20. The van der Waals surface area contributed by atoms with Crippen LogP contribution in [0, 0.1) is 0 Å². The molecule has 12 heavy (non-hydrogen) atoms. The highest BCUT2D eigenvalue weighted by Crippen LogP contribution is 2.00. The third-order valence-electron chi connectivity index (χ3n) is 2.26. The number of amides is 1. The zero-order chi connectivity index (χ0) is 8.97. The summed E-state index contributed by atoms with van der Waals surface area (Å²) in [5.41, 5.74) is 0. The van der Waals surface area contributed by atoms with Crippen LogP contribution >= 0.6 is 0 Å². The Morgan fingerprint density at radius 3 is 3.08 bits per heavy atom. The summed E-state index contributed by atoms with van der Waals surface area (Å²) < 4.78 is 0. The first kappa shape index (κ1) is 9.48. The summed E-state index contributed by atoms with van der Waals surface area (Å²) in [5, 5.41) is 5.91. The van der Waals surface area contributed by atoms with Crippen molar-refractivity contribution in [1.82, 2.24) is 15.5 Å². The molecule has 0 bridgehead atoms. The van der Waals surface area contributed by atoms with E-state index in [1.54, 1.807) is 7.05 Å². The Kier molecular flexibility index (Phi) is 3.49. The summed E-state index contributed by atoms with van der Waals surface area (Å²) in [6, 6.07) is 0.469. The quantitative estimate of drug-likeness (QED) is 0.561. The lowest BCUT2D eigenvalue weighted by Gasteiger charge is -2.32. The molecule has 1 fully saturated rings. The number of rotatable bonds is 2. The predicted octanol–water partition coefficient (Wildman–Crippen LogP) is -0.974. The van der Waals surface area contributed by atoms with Crippen molar-refractivity contribution in [2.45, 2.75) is 13.0 Å². The van der Waals surface area contributed by atoms with Gasteiger partial charge in [0.25, 0.3) is 0 Å². The average Bonchev–Trinajstić information content (AvgIpc) is 2.09. The molecule has 1 heterocycles. The summed E-state index contributed by atoms with van der Waals surface area (Å²) in [6.07, 6.45) is 0. The fourth-order valence-corrected chi connectivity index (χ4v) is 1.38. The molecular formula is C8H17N3O. The normalized spacial score (nSPS) is 25.3. The predicted molar refractivity (Wildman–Crippen MR) is 48.0 cm³/mol. The van der Waals surface area contributed by atoms with E-state index >= 15 is 0 Å². The van der Waals surface area contributed by atoms with Crippen LogP contribution in [-0.4, -0.2) is 50.1 Å². The minimum absolute atomic E-state index is 0.101. The largest absolute Gasteiger partial charge is 0.358 e. The Bertz CT molecular complexity index is 160. The Labute approximate surface area is 73.3 Å². The molecule has 0 aromatic rings. The van der Waals surface area contributed by atoms with E-state index in [2.05, 4.69) is 22.5 Å². The van der Waals surface area contributed by atoms with Crippen LogP contribution in [-0.2, 0) is 4.79 Å². The van der Waals surface area contributed by atoms with E-state index in [0.29, 0.717) is 12.6 Å². The average molecular weight is 171 g/mol. The van der Waals surface area contributed by atoms with Crippen molar-refractivity contribution in [3.05, 3.63) is 0 Å². The second kappa shape index (κ2) is 4.42. The molecule has 4 nitrogen and oxygen atoms in total. The van der Waals surface area contributed by atoms with Gasteiger partial charge in [0.15, 0.2) is 0 Å². The maximum Gasteiger partial charge on any atom is 0.233 e. The van der Waals surface area contributed by atoms with E-state index in [1.165, 1.54) is 0 Å². The van der Waals surface area contributed by atoms with Gasteiger partial charge in [-0.25, -0.2) is 0 Å². The van der Waals surface area contributed by atoms with Crippen LogP contribution in [0.5, 0.6) is 0 Å². The summed E-state index contributed by atoms with van der Waals surface area (Å²) >= 11 is 0. The SMILES string of the molecule is CNC(=O)CN1CCNC[C@@H]1C. The van der Waals surface area contributed by atoms with Crippen LogP contribution < -0.4 is 10.6 Å². The molecule has 0 aromatic carbocycles. The van der Waals surface area contributed by atoms with Gasteiger partial charge in [-0.2, -0.15) is 0 Å². The molecule has 0 radical (unpaired) electrons. The van der Waals surface area contributed by atoms with Gasteiger partial charge in [0, 0.05) is 32.7 Å². The van der Waals surface area contributed by atoms with Gasteiger partial charge in [-0.05, 0) is 6.92 Å². The number of nitrogens with zero attached hydrogens (tertiary/aromatic N) is 1. The van der Waals surface area contributed by atoms with E-state index in [9.17, 15) is 4.79 Å². The van der Waals surface area contributed by atoms with Gasteiger partial charge in [0.05, 0.1) is 6.54 Å². The van der Waals surface area contributed by atoms with Gasteiger partial charge in [0.1, 0.15) is 0 Å². The van der Waals surface area contributed by atoms with Gasteiger partial charge in [-0.15, -0.1) is 0 Å². The first-order valence-corrected chi connectivity index (χ1v) is 4.39. The highest BCUT2D eigenvalue weighted by molar-refractivity contribution is 5.77. The Morgan fingerprint density at radius 2 is 2.50 bits per heavy atom. The van der Waals surface area contributed by atoms with Crippen molar-refractivity contribution in [3.63, 3.8) is 0 Å². The van der Waals surface area contributed by atoms with E-state index in [-0.39, 0.29) is 5.91 Å². The molecule has 2 N–H and O–H groups in total. The number of carbonyl (C=O) groups is 1. The fourth-order valence-electron chi connectivity index (χ4n) is 1.38. The minimum atomic E-state index is 0.101. The van der Waals surface area contributed by atoms with Crippen molar-refractivity contribution in [1.29, 1.82) is 0 Å². The molecule has 4 heteroatoms. The third kappa shape index (κ3) is 2.46. The third-order valence-corrected chi connectivity index (χ3v) is 2.26. The van der Waals surface area contributed by atoms with E-state index < -0.39 is 0 Å². The van der Waals surface area contributed by atoms with Gasteiger partial charge in [0.2, 0.25) is 5.91 Å². The van der Waals surface area contributed by atoms with Crippen molar-refractivity contribution in [2.24, 2.45) is 0 Å². The molecule has 0 spiro atoms. The van der Waals surface area contributed by atoms with Gasteiger partial charge in [-0.3, -0.25) is 9.69 Å². The van der Waals surface area contributed by atoms with Crippen molar-refractivity contribution < 1.29 is 4.79 Å². The number of piperazine rings is 1. The Hall–Kier alpha value is -0.610. The van der Waals surface area contributed by atoms with Crippen molar-refractivity contribution >= 4 is 5.91 Å². The number of likely N-dealkylation sites (N-methyl/N-ethyl adjacent to an activating group) is 1. The fraction of sp³-hybridized carbons (Fsp3) is 0.875. The van der Waals surface area contributed by atoms with Crippen LogP contribution in [0.4, 0.5) is 0 Å². The summed E-state index contributed by atoms with van der Waals surface area (Å²) in [5.74, 6) is 0.101. The maximum absolute atomic E-state index is 11.1. The molecule has 0 aromatic heterocycles. The summed E-state index contributed by atoms with van der Waals surface area (Å²) in [7, 11) is 1.68. The van der Waals surface area contributed by atoms with Crippen LogP contribution in [0.1, 0.15) is 6.92 Å². The highest BCUT2D eigenvalue weighted by atomic mass is 16.1. The van der Waals surface area contributed by atoms with Gasteiger partial charge >= 0.3 is 0 Å². The molecule has 1 aliphatic rings. The maximum atomic E-state index is 11.1. The zero-order valence-electron chi connectivity index (χ0n) is 7.76. The van der Waals surface area contributed by atoms with E-state index in [1.807, 2.05) is 0 Å². The molecule has 1 atom stereocenters. The first-order chi connectivity index (χ1) is 5.74. The minimum Gasteiger partial charge on any atom is -0.358 e. The number of nitrogens with one attached hydrogen (secondary N) is 2. The molecule has 1 rings (SSSR count). The van der Waals surface area contributed by atoms with Gasteiger partial charge < -0.3 is 10.6 Å². The number of carbonyl (C=O) groups excluding carboxylic acids is 1. The molecular weight excluding hydrogens is 154 g/mol. The molecule has 0 aliphatic carbocycles. The molecule has 1 saturated heterocycles. The lowest BCUT2D eigenvalue weighted by molar-refractivity contribution is -0.122. The highest BCUT2D eigenvalue weighted by Gasteiger charge is 2.19. The van der Waals surface area contributed by atoms with Crippen LogP contribution in [0.25, 0.3) is 0 Å². The summed E-state index contributed by atoms with van der Waals surface area (Å²) in [6.45, 7) is 5.60. The Balaban J connectivity index is 2.33. The molecule has 70 valence electrons. The van der Waals surface area contributed by atoms with Crippen LogP contribution in [0.15, 0.2) is 0 Å². The van der Waals surface area contributed by atoms with Crippen LogP contribution in [0.2, 0.25) is 0 Å². The number of hydrogen-bond acceptors (Lipinski definition) is 3. The molecule has 0 saturated carbocycles. The first-order valence-electron chi connectivity index (χ1n) is 4.39. The standard InChI is InChI=1S/C8H17N3O/c1-7-5-10-3-4-11(7)6-8(12)9-2/h7,10H,3-6H2,1-2H3,(H,9,12)/t7-/m0/s1. The van der Waals surface area contributed by atoms with Crippen molar-refractivity contribution in [3.8, 4) is 0 Å². The second-order valence-electron chi connectivity index (χ2n) is 3.20. The monoisotopic (exact) mass is 171 g/mol. The molecule has 1 aliphatic heterocycles. The van der Waals surface area contributed by atoms with E-state index in [4.69, 9.17) is 0 Å². The van der Waals surface area contributed by atoms with Crippen molar-refractivity contribution in [2.75, 3.05) is 33.2 Å². The summed E-state index contributed by atoms with van der Waals surface area (Å²) in [4.78, 5) is 13.2. The lowest BCUT2D eigenvalue weighted by Crippen LogP contribution is -2.52. The zero-order valence-corrected chi connectivity index (χ0v) is 7.76. The smallest absolute Gasteiger partial charge is 0.233 e. The Morgan fingerprint density at radius 1 is 1.75 bits per heavy atom. The molecule has 1 amide bonds. The number of hydrogen-bond donors (Lipinski definition) is 2. The molecule has 0 unspecified atom stereocenters.